The van der Waals surface area contributed by atoms with E-state index in [0.29, 0.717) is 12.1 Å². The first-order valence-electron chi connectivity index (χ1n) is 6.08. The number of aromatic nitrogens is 2. The molecule has 0 aromatic carbocycles. The van der Waals surface area contributed by atoms with Crippen LogP contribution in [0.15, 0.2) is 12.5 Å². The highest BCUT2D eigenvalue weighted by Gasteiger charge is 2.30. The number of methoxy groups -OCH3 is 2. The van der Waals surface area contributed by atoms with E-state index in [1.807, 2.05) is 6.33 Å². The van der Waals surface area contributed by atoms with Crippen LogP contribution in [-0.4, -0.2) is 43.0 Å². The average Bonchev–Trinajstić information content (AvgIpc) is 2.72. The topological polar surface area (TPSA) is 48.3 Å². The van der Waals surface area contributed by atoms with Crippen molar-refractivity contribution in [2.24, 2.45) is 0 Å². The molecule has 1 fully saturated rings. The third-order valence-corrected chi connectivity index (χ3v) is 3.27. The van der Waals surface area contributed by atoms with E-state index in [-0.39, 0.29) is 0 Å². The molecule has 0 bridgehead atoms. The van der Waals surface area contributed by atoms with Crippen molar-refractivity contribution < 1.29 is 9.47 Å². The molecule has 0 radical (unpaired) electrons. The van der Waals surface area contributed by atoms with Gasteiger partial charge in [-0.2, -0.15) is 0 Å². The lowest BCUT2D eigenvalue weighted by molar-refractivity contribution is 0.00613. The fourth-order valence-electron chi connectivity index (χ4n) is 2.04. The Morgan fingerprint density at radius 3 is 3.00 bits per heavy atom. The second-order valence-electron chi connectivity index (χ2n) is 4.46. The van der Waals surface area contributed by atoms with Crippen molar-refractivity contribution in [3.8, 4) is 0 Å². The van der Waals surface area contributed by atoms with Gasteiger partial charge in [0.2, 0.25) is 0 Å². The highest BCUT2D eigenvalue weighted by Crippen LogP contribution is 2.33. The fraction of sp³-hybridized carbons (Fsp3) is 0.750. The van der Waals surface area contributed by atoms with Crippen LogP contribution >= 0.6 is 0 Å². The standard InChI is InChI=1S/C12H21N3O2/c1-16-4-3-13-7-10-8-15(9-14-10)11-5-12(6-11)17-2/h8-9,11-13H,3-7H2,1-2H3. The predicted molar refractivity (Wildman–Crippen MR) is 64.9 cm³/mol. The van der Waals surface area contributed by atoms with E-state index in [4.69, 9.17) is 9.47 Å². The van der Waals surface area contributed by atoms with Gasteiger partial charge in [-0.1, -0.05) is 0 Å². The van der Waals surface area contributed by atoms with Crippen LogP contribution in [0.4, 0.5) is 0 Å². The largest absolute Gasteiger partial charge is 0.383 e. The van der Waals surface area contributed by atoms with Crippen LogP contribution in [0.3, 0.4) is 0 Å². The molecule has 1 aliphatic rings. The Balaban J connectivity index is 1.73. The number of hydrogen-bond donors (Lipinski definition) is 1. The first-order valence-corrected chi connectivity index (χ1v) is 6.08. The van der Waals surface area contributed by atoms with Gasteiger partial charge in [-0.15, -0.1) is 0 Å². The van der Waals surface area contributed by atoms with Gasteiger partial charge in [0.15, 0.2) is 0 Å². The lowest BCUT2D eigenvalue weighted by Gasteiger charge is -2.34. The molecule has 5 nitrogen and oxygen atoms in total. The summed E-state index contributed by atoms with van der Waals surface area (Å²) in [6.45, 7) is 2.40. The average molecular weight is 239 g/mol. The highest BCUT2D eigenvalue weighted by atomic mass is 16.5. The van der Waals surface area contributed by atoms with Crippen molar-refractivity contribution in [2.45, 2.75) is 31.5 Å². The molecule has 1 aromatic rings. The van der Waals surface area contributed by atoms with Crippen molar-refractivity contribution in [2.75, 3.05) is 27.4 Å². The maximum atomic E-state index is 5.28. The molecular weight excluding hydrogens is 218 g/mol. The minimum Gasteiger partial charge on any atom is -0.383 e. The molecule has 2 rings (SSSR count). The summed E-state index contributed by atoms with van der Waals surface area (Å²) in [6, 6.07) is 0.570. The first kappa shape index (κ1) is 12.5. The van der Waals surface area contributed by atoms with Gasteiger partial charge in [0.1, 0.15) is 0 Å². The van der Waals surface area contributed by atoms with Gasteiger partial charge in [-0.05, 0) is 12.8 Å². The molecule has 0 unspecified atom stereocenters. The molecule has 1 saturated carbocycles. The van der Waals surface area contributed by atoms with Crippen LogP contribution in [0.2, 0.25) is 0 Å². The summed E-state index contributed by atoms with van der Waals surface area (Å²) in [5.41, 5.74) is 1.09. The summed E-state index contributed by atoms with van der Waals surface area (Å²) in [4.78, 5) is 4.39. The van der Waals surface area contributed by atoms with E-state index >= 15 is 0 Å². The maximum absolute atomic E-state index is 5.28. The third kappa shape index (κ3) is 3.28. The van der Waals surface area contributed by atoms with Crippen molar-refractivity contribution in [1.29, 1.82) is 0 Å². The molecule has 1 N–H and O–H groups in total. The van der Waals surface area contributed by atoms with Gasteiger partial charge in [0.05, 0.1) is 24.7 Å². The van der Waals surface area contributed by atoms with E-state index in [1.165, 1.54) is 0 Å². The molecular formula is C12H21N3O2. The Morgan fingerprint density at radius 1 is 1.47 bits per heavy atom. The zero-order valence-electron chi connectivity index (χ0n) is 10.6. The molecule has 1 aliphatic carbocycles. The van der Waals surface area contributed by atoms with Crippen molar-refractivity contribution >= 4 is 0 Å². The van der Waals surface area contributed by atoms with Crippen molar-refractivity contribution in [1.82, 2.24) is 14.9 Å². The summed E-state index contributed by atoms with van der Waals surface area (Å²) in [5.74, 6) is 0. The molecule has 0 atom stereocenters. The lowest BCUT2D eigenvalue weighted by Crippen LogP contribution is -2.31. The molecule has 0 amide bonds. The van der Waals surface area contributed by atoms with Gasteiger partial charge in [-0.3, -0.25) is 0 Å². The van der Waals surface area contributed by atoms with Gasteiger partial charge >= 0.3 is 0 Å². The van der Waals surface area contributed by atoms with Crippen LogP contribution in [0.1, 0.15) is 24.6 Å². The fourth-order valence-corrected chi connectivity index (χ4v) is 2.04. The molecule has 96 valence electrons. The third-order valence-electron chi connectivity index (χ3n) is 3.27. The van der Waals surface area contributed by atoms with Crippen molar-refractivity contribution in [3.63, 3.8) is 0 Å². The van der Waals surface area contributed by atoms with E-state index in [0.717, 1.165) is 38.2 Å². The van der Waals surface area contributed by atoms with Gasteiger partial charge in [-0.25, -0.2) is 4.98 Å². The molecule has 1 aromatic heterocycles. The minimum atomic E-state index is 0.436. The molecule has 17 heavy (non-hydrogen) atoms. The van der Waals surface area contributed by atoms with E-state index in [9.17, 15) is 0 Å². The molecule has 0 aliphatic heterocycles. The Bertz CT molecular complexity index is 334. The second kappa shape index (κ2) is 6.14. The zero-order chi connectivity index (χ0) is 12.1. The minimum absolute atomic E-state index is 0.436. The van der Waals surface area contributed by atoms with Crippen LogP contribution in [0.25, 0.3) is 0 Å². The number of nitrogens with one attached hydrogen (secondary N) is 1. The molecule has 1 heterocycles. The maximum Gasteiger partial charge on any atom is 0.0952 e. The highest BCUT2D eigenvalue weighted by molar-refractivity contribution is 5.00. The second-order valence-corrected chi connectivity index (χ2v) is 4.46. The summed E-state index contributed by atoms with van der Waals surface area (Å²) in [6.07, 6.45) is 6.68. The van der Waals surface area contributed by atoms with Crippen molar-refractivity contribution in [3.05, 3.63) is 18.2 Å². The summed E-state index contributed by atoms with van der Waals surface area (Å²) < 4.78 is 12.4. The Labute approximate surface area is 102 Å². The SMILES string of the molecule is COCCNCc1cn(C2CC(OC)C2)cn1. The summed E-state index contributed by atoms with van der Waals surface area (Å²) in [7, 11) is 3.49. The lowest BCUT2D eigenvalue weighted by atomic mass is 9.89. The van der Waals surface area contributed by atoms with Crippen LogP contribution in [0.5, 0.6) is 0 Å². The van der Waals surface area contributed by atoms with E-state index < -0.39 is 0 Å². The monoisotopic (exact) mass is 239 g/mol. The normalized spacial score (nSPS) is 23.6. The van der Waals surface area contributed by atoms with Gasteiger partial charge in [0, 0.05) is 39.5 Å². The van der Waals surface area contributed by atoms with E-state index in [2.05, 4.69) is 21.1 Å². The Kier molecular flexibility index (Phi) is 4.53. The first-order chi connectivity index (χ1) is 8.33. The number of nitrogens with zero attached hydrogens (tertiary/aromatic N) is 2. The number of hydrogen-bond acceptors (Lipinski definition) is 4. The number of rotatable bonds is 7. The van der Waals surface area contributed by atoms with Crippen LogP contribution in [-0.2, 0) is 16.0 Å². The molecule has 0 saturated heterocycles. The molecule has 5 heteroatoms. The smallest absolute Gasteiger partial charge is 0.0952 e. The Morgan fingerprint density at radius 2 is 2.29 bits per heavy atom. The summed E-state index contributed by atoms with van der Waals surface area (Å²) >= 11 is 0. The van der Waals surface area contributed by atoms with Crippen LogP contribution < -0.4 is 5.32 Å². The molecule has 0 spiro atoms. The number of imidazole rings is 1. The van der Waals surface area contributed by atoms with E-state index in [1.54, 1.807) is 14.2 Å². The quantitative estimate of drug-likeness (QED) is 0.720. The predicted octanol–water partition coefficient (Wildman–Crippen LogP) is 0.969. The zero-order valence-corrected chi connectivity index (χ0v) is 10.6. The van der Waals surface area contributed by atoms with Gasteiger partial charge in [0.25, 0.3) is 0 Å². The summed E-state index contributed by atoms with van der Waals surface area (Å²) in [5, 5.41) is 3.29. The van der Waals surface area contributed by atoms with Crippen LogP contribution in [0, 0.1) is 0 Å². The van der Waals surface area contributed by atoms with Gasteiger partial charge < -0.3 is 19.4 Å². The Hall–Kier alpha value is -0.910. The number of ether oxygens (including phenoxy) is 2.